The summed E-state index contributed by atoms with van der Waals surface area (Å²) < 4.78 is 32.4. The summed E-state index contributed by atoms with van der Waals surface area (Å²) in [6, 6.07) is 6.44. The molecule has 1 N–H and O–H groups in total. The number of halogens is 1. The van der Waals surface area contributed by atoms with Gasteiger partial charge in [-0.2, -0.15) is 4.31 Å². The van der Waals surface area contributed by atoms with Crippen molar-refractivity contribution in [1.29, 1.82) is 0 Å². The number of nitrogens with one attached hydrogen (secondary N) is 1. The van der Waals surface area contributed by atoms with Crippen LogP contribution in [0.1, 0.15) is 22.6 Å². The number of rotatable bonds is 4. The van der Waals surface area contributed by atoms with Crippen LogP contribution in [0.15, 0.2) is 27.6 Å². The zero-order chi connectivity index (χ0) is 18.3. The van der Waals surface area contributed by atoms with E-state index in [1.807, 2.05) is 0 Å². The number of aromatic nitrogens is 1. The molecule has 4 rings (SSSR count). The first-order valence-corrected chi connectivity index (χ1v) is 10.4. The molecule has 0 spiro atoms. The van der Waals surface area contributed by atoms with Crippen LogP contribution in [0.4, 0.5) is 5.69 Å². The van der Waals surface area contributed by atoms with Gasteiger partial charge in [-0.1, -0.05) is 23.4 Å². The van der Waals surface area contributed by atoms with Crippen molar-refractivity contribution >= 4 is 28.1 Å². The summed E-state index contributed by atoms with van der Waals surface area (Å²) >= 11 is 0. The fraction of sp³-hybridized carbons (Fsp3) is 0.500. The maximum Gasteiger partial charge on any atom is 0.248 e. The first-order valence-electron chi connectivity index (χ1n) is 8.97. The molecule has 0 aliphatic carbocycles. The zero-order valence-electron chi connectivity index (χ0n) is 15.6. The number of piperazine rings is 1. The number of hydrogen-bond acceptors (Lipinski definition) is 6. The molecule has 3 heterocycles. The number of hydrogen-bond donors (Lipinski definition) is 1. The van der Waals surface area contributed by atoms with Crippen LogP contribution in [-0.4, -0.2) is 55.5 Å². The number of para-hydroxylation sites is 1. The van der Waals surface area contributed by atoms with Gasteiger partial charge in [-0.25, -0.2) is 8.42 Å². The van der Waals surface area contributed by atoms with Gasteiger partial charge in [0.1, 0.15) is 10.6 Å². The Morgan fingerprint density at radius 3 is 2.59 bits per heavy atom. The van der Waals surface area contributed by atoms with Gasteiger partial charge in [-0.05, 0) is 31.4 Å². The third-order valence-corrected chi connectivity index (χ3v) is 7.37. The Labute approximate surface area is 166 Å². The SMILES string of the molecule is Cc1noc(C)c1S(=O)(=O)N1CCN(Cc2cccc3c2NCC3)CC1.Cl. The van der Waals surface area contributed by atoms with Gasteiger partial charge in [0.2, 0.25) is 10.0 Å². The van der Waals surface area contributed by atoms with E-state index in [2.05, 4.69) is 33.6 Å². The first-order chi connectivity index (χ1) is 12.5. The molecule has 148 valence electrons. The van der Waals surface area contributed by atoms with E-state index >= 15 is 0 Å². The third-order valence-electron chi connectivity index (χ3n) is 5.22. The van der Waals surface area contributed by atoms with E-state index < -0.39 is 10.0 Å². The van der Waals surface area contributed by atoms with Crippen molar-refractivity contribution in [1.82, 2.24) is 14.4 Å². The number of aryl methyl sites for hydroxylation is 2. The van der Waals surface area contributed by atoms with Crippen molar-refractivity contribution < 1.29 is 12.9 Å². The van der Waals surface area contributed by atoms with E-state index in [1.54, 1.807) is 18.2 Å². The number of nitrogens with zero attached hydrogens (tertiary/aromatic N) is 3. The molecule has 1 aromatic heterocycles. The van der Waals surface area contributed by atoms with Gasteiger partial charge in [0.25, 0.3) is 0 Å². The molecule has 0 amide bonds. The van der Waals surface area contributed by atoms with Gasteiger partial charge in [-0.3, -0.25) is 4.90 Å². The lowest BCUT2D eigenvalue weighted by Crippen LogP contribution is -2.48. The standard InChI is InChI=1S/C18H24N4O3S.ClH/c1-13-18(14(2)25-20-13)26(23,24)22-10-8-21(9-11-22)12-16-5-3-4-15-6-7-19-17(15)16;/h3-5,19H,6-12H2,1-2H3;1H. The summed E-state index contributed by atoms with van der Waals surface area (Å²) in [6.45, 7) is 7.54. The van der Waals surface area contributed by atoms with Crippen LogP contribution < -0.4 is 5.32 Å². The lowest BCUT2D eigenvalue weighted by Gasteiger charge is -2.34. The van der Waals surface area contributed by atoms with E-state index in [9.17, 15) is 8.42 Å². The average Bonchev–Trinajstić information content (AvgIpc) is 3.22. The van der Waals surface area contributed by atoms with Crippen LogP contribution >= 0.6 is 12.4 Å². The molecule has 0 unspecified atom stereocenters. The summed E-state index contributed by atoms with van der Waals surface area (Å²) in [6.07, 6.45) is 1.08. The van der Waals surface area contributed by atoms with Gasteiger partial charge in [-0.15, -0.1) is 12.4 Å². The fourth-order valence-corrected chi connectivity index (χ4v) is 5.60. The highest BCUT2D eigenvalue weighted by Crippen LogP contribution is 2.28. The van der Waals surface area contributed by atoms with Crippen molar-refractivity contribution in [3.8, 4) is 0 Å². The molecular formula is C18H25ClN4O3S. The maximum absolute atomic E-state index is 12.9. The van der Waals surface area contributed by atoms with E-state index in [0.717, 1.165) is 19.5 Å². The monoisotopic (exact) mass is 412 g/mol. The van der Waals surface area contributed by atoms with Crippen LogP contribution in [0.5, 0.6) is 0 Å². The molecule has 0 bridgehead atoms. The number of sulfonamides is 1. The molecule has 2 aliphatic rings. The lowest BCUT2D eigenvalue weighted by atomic mass is 10.1. The molecule has 27 heavy (non-hydrogen) atoms. The van der Waals surface area contributed by atoms with Gasteiger partial charge < -0.3 is 9.84 Å². The Morgan fingerprint density at radius 2 is 1.93 bits per heavy atom. The summed E-state index contributed by atoms with van der Waals surface area (Å²) in [5.74, 6) is 0.357. The van der Waals surface area contributed by atoms with Crippen molar-refractivity contribution in [3.05, 3.63) is 40.8 Å². The van der Waals surface area contributed by atoms with Crippen molar-refractivity contribution in [2.45, 2.75) is 31.7 Å². The summed E-state index contributed by atoms with van der Waals surface area (Å²) in [5.41, 5.74) is 4.36. The summed E-state index contributed by atoms with van der Waals surface area (Å²) in [4.78, 5) is 2.53. The Bertz CT molecular complexity index is 901. The van der Waals surface area contributed by atoms with Gasteiger partial charge in [0.05, 0.1) is 0 Å². The average molecular weight is 413 g/mol. The minimum Gasteiger partial charge on any atom is -0.384 e. The predicted molar refractivity (Wildman–Crippen MR) is 106 cm³/mol. The summed E-state index contributed by atoms with van der Waals surface area (Å²) in [5, 5.41) is 7.26. The Morgan fingerprint density at radius 1 is 1.19 bits per heavy atom. The van der Waals surface area contributed by atoms with Crippen LogP contribution in [0.2, 0.25) is 0 Å². The molecule has 0 atom stereocenters. The van der Waals surface area contributed by atoms with Crippen LogP contribution in [0.25, 0.3) is 0 Å². The van der Waals surface area contributed by atoms with Crippen molar-refractivity contribution in [2.24, 2.45) is 0 Å². The molecule has 1 aromatic carbocycles. The second-order valence-corrected chi connectivity index (χ2v) is 8.84. The molecule has 9 heteroatoms. The number of anilines is 1. The van der Waals surface area contributed by atoms with Crippen molar-refractivity contribution in [2.75, 3.05) is 38.0 Å². The van der Waals surface area contributed by atoms with Crippen molar-refractivity contribution in [3.63, 3.8) is 0 Å². The molecule has 1 saturated heterocycles. The molecule has 2 aliphatic heterocycles. The van der Waals surface area contributed by atoms with Crippen LogP contribution in [0, 0.1) is 13.8 Å². The van der Waals surface area contributed by atoms with Crippen LogP contribution in [0.3, 0.4) is 0 Å². The topological polar surface area (TPSA) is 78.7 Å². The number of fused-ring (bicyclic) bond motifs is 1. The number of benzene rings is 1. The van der Waals surface area contributed by atoms with E-state index in [1.165, 1.54) is 16.8 Å². The summed E-state index contributed by atoms with van der Waals surface area (Å²) in [7, 11) is -3.55. The smallest absolute Gasteiger partial charge is 0.248 e. The highest BCUT2D eigenvalue weighted by atomic mass is 35.5. The Kier molecular flexibility index (Phi) is 5.81. The predicted octanol–water partition coefficient (Wildman–Crippen LogP) is 2.19. The Hall–Kier alpha value is -1.61. The molecule has 0 radical (unpaired) electrons. The van der Waals surface area contributed by atoms with E-state index in [-0.39, 0.29) is 17.3 Å². The normalized spacial score (nSPS) is 18.0. The second-order valence-electron chi connectivity index (χ2n) is 6.96. The van der Waals surface area contributed by atoms with E-state index in [0.29, 0.717) is 37.6 Å². The molecule has 2 aromatic rings. The third kappa shape index (κ3) is 3.71. The molecule has 7 nitrogen and oxygen atoms in total. The quantitative estimate of drug-likeness (QED) is 0.829. The van der Waals surface area contributed by atoms with E-state index in [4.69, 9.17) is 4.52 Å². The van der Waals surface area contributed by atoms with Gasteiger partial charge in [0, 0.05) is 45.0 Å². The van der Waals surface area contributed by atoms with Crippen LogP contribution in [-0.2, 0) is 23.0 Å². The minimum atomic E-state index is -3.55. The highest BCUT2D eigenvalue weighted by Gasteiger charge is 2.33. The lowest BCUT2D eigenvalue weighted by molar-refractivity contribution is 0.181. The highest BCUT2D eigenvalue weighted by molar-refractivity contribution is 7.89. The zero-order valence-corrected chi connectivity index (χ0v) is 17.2. The second kappa shape index (κ2) is 7.79. The molecule has 1 fully saturated rings. The molecule has 0 saturated carbocycles. The Balaban J connectivity index is 0.00000210. The van der Waals surface area contributed by atoms with Gasteiger partial charge >= 0.3 is 0 Å². The fourth-order valence-electron chi connectivity index (χ4n) is 3.88. The van der Waals surface area contributed by atoms with Gasteiger partial charge in [0.15, 0.2) is 5.76 Å². The first kappa shape index (κ1) is 20.1. The largest absolute Gasteiger partial charge is 0.384 e. The maximum atomic E-state index is 12.9. The minimum absolute atomic E-state index is 0. The molecular weight excluding hydrogens is 388 g/mol.